The van der Waals surface area contributed by atoms with Crippen molar-refractivity contribution < 1.29 is 13.6 Å². The van der Waals surface area contributed by atoms with E-state index in [1.807, 2.05) is 0 Å². The lowest BCUT2D eigenvalue weighted by Gasteiger charge is -2.05. The van der Waals surface area contributed by atoms with Gasteiger partial charge in [0.05, 0.1) is 0 Å². The third kappa shape index (κ3) is 2.24. The molecule has 0 unspecified atom stereocenters. The second-order valence-electron chi connectivity index (χ2n) is 2.56. The first-order valence-electron chi connectivity index (χ1n) is 3.73. The molecule has 0 amide bonds. The smallest absolute Gasteiger partial charge is 0.271 e. The molecule has 0 aromatic carbocycles. The molecule has 3 nitrogen and oxygen atoms in total. The van der Waals surface area contributed by atoms with Crippen molar-refractivity contribution in [1.82, 2.24) is 4.98 Å². The SMILES string of the molecule is NCc1cnc(C(=O)Cl)c(C(F)F)c1. The Morgan fingerprint density at radius 1 is 1.64 bits per heavy atom. The van der Waals surface area contributed by atoms with E-state index in [0.717, 1.165) is 6.07 Å². The number of hydrogen-bond donors (Lipinski definition) is 1. The van der Waals surface area contributed by atoms with Gasteiger partial charge in [0.25, 0.3) is 11.7 Å². The summed E-state index contributed by atoms with van der Waals surface area (Å²) < 4.78 is 24.8. The van der Waals surface area contributed by atoms with E-state index in [2.05, 4.69) is 4.98 Å². The van der Waals surface area contributed by atoms with E-state index in [-0.39, 0.29) is 6.54 Å². The Hall–Kier alpha value is -1.07. The van der Waals surface area contributed by atoms with Crippen molar-refractivity contribution in [2.45, 2.75) is 13.0 Å². The standard InChI is InChI=1S/C8H7ClF2N2O/c9-7(14)6-5(8(10)11)1-4(2-12)3-13-6/h1,3,8H,2,12H2. The maximum atomic E-state index is 12.4. The molecular weight excluding hydrogens is 214 g/mol. The third-order valence-corrected chi connectivity index (χ3v) is 1.81. The predicted octanol–water partition coefficient (Wildman–Crippen LogP) is 1.86. The highest BCUT2D eigenvalue weighted by molar-refractivity contribution is 6.67. The molecule has 6 heteroatoms. The minimum absolute atomic E-state index is 0.0868. The summed E-state index contributed by atoms with van der Waals surface area (Å²) in [6.07, 6.45) is -1.53. The lowest BCUT2D eigenvalue weighted by molar-refractivity contribution is 0.106. The molecule has 0 aliphatic rings. The fraction of sp³-hybridized carbons (Fsp3) is 0.250. The molecule has 1 aromatic rings. The number of carbonyl (C=O) groups excluding carboxylic acids is 1. The monoisotopic (exact) mass is 220 g/mol. The minimum atomic E-state index is -2.79. The first-order chi connectivity index (χ1) is 6.56. The van der Waals surface area contributed by atoms with Crippen LogP contribution in [-0.2, 0) is 6.54 Å². The summed E-state index contributed by atoms with van der Waals surface area (Å²) in [5.41, 5.74) is 4.78. The highest BCUT2D eigenvalue weighted by Gasteiger charge is 2.18. The Labute approximate surface area is 83.9 Å². The molecule has 1 heterocycles. The number of pyridine rings is 1. The van der Waals surface area contributed by atoms with Gasteiger partial charge in [-0.3, -0.25) is 9.78 Å². The average molecular weight is 221 g/mol. The molecular formula is C8H7ClF2N2O. The van der Waals surface area contributed by atoms with Gasteiger partial charge in [-0.25, -0.2) is 8.78 Å². The molecule has 0 saturated heterocycles. The maximum Gasteiger partial charge on any atom is 0.271 e. The molecule has 0 saturated carbocycles. The topological polar surface area (TPSA) is 56.0 Å². The average Bonchev–Trinajstić information content (AvgIpc) is 2.16. The number of nitrogens with zero attached hydrogens (tertiary/aromatic N) is 1. The largest absolute Gasteiger partial charge is 0.326 e. The molecule has 0 fully saturated rings. The summed E-state index contributed by atoms with van der Waals surface area (Å²) in [5.74, 6) is 0. The van der Waals surface area contributed by atoms with Gasteiger partial charge in [0.2, 0.25) is 0 Å². The van der Waals surface area contributed by atoms with Gasteiger partial charge < -0.3 is 5.73 Å². The highest BCUT2D eigenvalue weighted by atomic mass is 35.5. The van der Waals surface area contributed by atoms with Crippen LogP contribution < -0.4 is 5.73 Å². The van der Waals surface area contributed by atoms with E-state index >= 15 is 0 Å². The molecule has 0 bridgehead atoms. The van der Waals surface area contributed by atoms with Crippen LogP contribution in [0.4, 0.5) is 8.78 Å². The van der Waals surface area contributed by atoms with E-state index in [9.17, 15) is 13.6 Å². The van der Waals surface area contributed by atoms with Gasteiger partial charge in [0.1, 0.15) is 5.69 Å². The van der Waals surface area contributed by atoms with E-state index in [1.165, 1.54) is 6.20 Å². The van der Waals surface area contributed by atoms with Gasteiger partial charge >= 0.3 is 0 Å². The van der Waals surface area contributed by atoms with Gasteiger partial charge in [-0.1, -0.05) is 0 Å². The van der Waals surface area contributed by atoms with Crippen LogP contribution in [-0.4, -0.2) is 10.2 Å². The summed E-state index contributed by atoms with van der Waals surface area (Å²) >= 11 is 5.08. The van der Waals surface area contributed by atoms with Crippen molar-refractivity contribution in [2.24, 2.45) is 5.73 Å². The Kier molecular flexibility index (Phi) is 3.49. The van der Waals surface area contributed by atoms with Gasteiger partial charge in [0.15, 0.2) is 0 Å². The van der Waals surface area contributed by atoms with Crippen LogP contribution in [0.1, 0.15) is 28.0 Å². The van der Waals surface area contributed by atoms with Gasteiger partial charge in [0, 0.05) is 18.3 Å². The summed E-state index contributed by atoms with van der Waals surface area (Å²) in [6.45, 7) is 0.0868. The van der Waals surface area contributed by atoms with Crippen molar-refractivity contribution in [3.05, 3.63) is 29.1 Å². The summed E-state index contributed by atoms with van der Waals surface area (Å²) in [5, 5.41) is -0.996. The highest BCUT2D eigenvalue weighted by Crippen LogP contribution is 2.23. The summed E-state index contributed by atoms with van der Waals surface area (Å²) in [6, 6.07) is 1.13. The van der Waals surface area contributed by atoms with Gasteiger partial charge in [-0.05, 0) is 23.2 Å². The van der Waals surface area contributed by atoms with E-state index < -0.39 is 22.9 Å². The van der Waals surface area contributed by atoms with Crippen molar-refractivity contribution in [3.8, 4) is 0 Å². The molecule has 76 valence electrons. The second kappa shape index (κ2) is 4.43. The maximum absolute atomic E-state index is 12.4. The summed E-state index contributed by atoms with van der Waals surface area (Å²) in [4.78, 5) is 14.2. The minimum Gasteiger partial charge on any atom is -0.326 e. The lowest BCUT2D eigenvalue weighted by atomic mass is 10.1. The molecule has 1 rings (SSSR count). The fourth-order valence-corrected chi connectivity index (χ4v) is 1.13. The molecule has 0 radical (unpaired) electrons. The van der Waals surface area contributed by atoms with Crippen molar-refractivity contribution in [1.29, 1.82) is 0 Å². The molecule has 1 aromatic heterocycles. The van der Waals surface area contributed by atoms with Crippen LogP contribution in [0.15, 0.2) is 12.3 Å². The van der Waals surface area contributed by atoms with Gasteiger partial charge in [-0.15, -0.1) is 0 Å². The Morgan fingerprint density at radius 3 is 2.71 bits per heavy atom. The number of nitrogens with two attached hydrogens (primary N) is 1. The fourth-order valence-electron chi connectivity index (χ4n) is 0.970. The second-order valence-corrected chi connectivity index (χ2v) is 2.90. The van der Waals surface area contributed by atoms with Crippen molar-refractivity contribution in [3.63, 3.8) is 0 Å². The number of alkyl halides is 2. The van der Waals surface area contributed by atoms with Crippen LogP contribution in [0.3, 0.4) is 0 Å². The lowest BCUT2D eigenvalue weighted by Crippen LogP contribution is -2.05. The first-order valence-corrected chi connectivity index (χ1v) is 4.11. The molecule has 0 aliphatic carbocycles. The number of rotatable bonds is 3. The first kappa shape index (κ1) is 11.0. The van der Waals surface area contributed by atoms with Gasteiger partial charge in [-0.2, -0.15) is 0 Å². The number of carbonyl (C=O) groups is 1. The number of hydrogen-bond acceptors (Lipinski definition) is 3. The molecule has 0 aliphatic heterocycles. The normalized spacial score (nSPS) is 10.6. The zero-order valence-electron chi connectivity index (χ0n) is 7.01. The van der Waals surface area contributed by atoms with Crippen LogP contribution in [0.5, 0.6) is 0 Å². The predicted molar refractivity (Wildman–Crippen MR) is 47.3 cm³/mol. The Balaban J connectivity index is 3.24. The van der Waals surface area contributed by atoms with E-state index in [4.69, 9.17) is 17.3 Å². The number of halogens is 3. The van der Waals surface area contributed by atoms with Crippen LogP contribution in [0, 0.1) is 0 Å². The Bertz CT molecular complexity index is 357. The number of aromatic nitrogens is 1. The molecule has 14 heavy (non-hydrogen) atoms. The van der Waals surface area contributed by atoms with Crippen LogP contribution in [0.25, 0.3) is 0 Å². The Morgan fingerprint density at radius 2 is 2.29 bits per heavy atom. The zero-order chi connectivity index (χ0) is 10.7. The molecule has 0 spiro atoms. The van der Waals surface area contributed by atoms with Crippen molar-refractivity contribution in [2.75, 3.05) is 0 Å². The summed E-state index contributed by atoms with van der Waals surface area (Å²) in [7, 11) is 0. The molecule has 2 N–H and O–H groups in total. The van der Waals surface area contributed by atoms with Crippen LogP contribution in [0.2, 0.25) is 0 Å². The quantitative estimate of drug-likeness (QED) is 0.791. The zero-order valence-corrected chi connectivity index (χ0v) is 7.76. The van der Waals surface area contributed by atoms with E-state index in [0.29, 0.717) is 5.56 Å². The van der Waals surface area contributed by atoms with Crippen LogP contribution >= 0.6 is 11.6 Å². The molecule has 0 atom stereocenters. The third-order valence-electron chi connectivity index (χ3n) is 1.63. The van der Waals surface area contributed by atoms with E-state index in [1.54, 1.807) is 0 Å². The van der Waals surface area contributed by atoms with Crippen molar-refractivity contribution >= 4 is 16.8 Å².